The van der Waals surface area contributed by atoms with Crippen molar-refractivity contribution in [1.29, 1.82) is 0 Å². The predicted molar refractivity (Wildman–Crippen MR) is 67.8 cm³/mol. The maximum atomic E-state index is 11.5. The standard InChI is InChI=1S/C6H4ClOPS4/c7-4-1-2-12-6(4)5(8)3-13-9(10)11/h1-2H,3H2. The normalized spacial score (nSPS) is 9.92. The number of hydrogen-bond acceptors (Lipinski definition) is 5. The van der Waals surface area contributed by atoms with Crippen LogP contribution in [0, 0.1) is 0 Å². The van der Waals surface area contributed by atoms with Gasteiger partial charge in [0.1, 0.15) is 0 Å². The number of carbonyl (C=O) groups is 1. The number of ketones is 1. The number of thiophene rings is 1. The van der Waals surface area contributed by atoms with Crippen molar-refractivity contribution in [3.8, 4) is 0 Å². The van der Waals surface area contributed by atoms with E-state index in [-0.39, 0.29) is 5.78 Å². The molecule has 1 nitrogen and oxygen atoms in total. The zero-order valence-corrected chi connectivity index (χ0v) is 11.1. The molecule has 7 heteroatoms. The third kappa shape index (κ3) is 3.78. The van der Waals surface area contributed by atoms with Crippen molar-refractivity contribution >= 4 is 68.4 Å². The van der Waals surface area contributed by atoms with Gasteiger partial charge in [0.05, 0.1) is 20.3 Å². The van der Waals surface area contributed by atoms with Crippen molar-refractivity contribution in [2.45, 2.75) is 0 Å². The van der Waals surface area contributed by atoms with Gasteiger partial charge >= 0.3 is 0 Å². The molecule has 0 saturated heterocycles. The number of halogens is 1. The Kier molecular flexibility index (Phi) is 5.08. The van der Waals surface area contributed by atoms with E-state index in [1.807, 2.05) is 0 Å². The molecule has 0 bridgehead atoms. The van der Waals surface area contributed by atoms with Gasteiger partial charge in [-0.3, -0.25) is 4.79 Å². The van der Waals surface area contributed by atoms with Crippen molar-refractivity contribution in [1.82, 2.24) is 0 Å². The van der Waals surface area contributed by atoms with Gasteiger partial charge in [-0.2, -0.15) is 0 Å². The Hall–Kier alpha value is 0.750. The molecule has 1 aromatic rings. The van der Waals surface area contributed by atoms with Crippen LogP contribution in [0.5, 0.6) is 0 Å². The molecule has 1 aromatic heterocycles. The Labute approximate surface area is 99.7 Å². The van der Waals surface area contributed by atoms with E-state index in [1.54, 1.807) is 11.4 Å². The van der Waals surface area contributed by atoms with Crippen LogP contribution in [-0.2, 0) is 23.6 Å². The first kappa shape index (κ1) is 11.8. The molecule has 0 atom stereocenters. The smallest absolute Gasteiger partial charge is 0.184 e. The first-order valence-electron chi connectivity index (χ1n) is 3.14. The lowest BCUT2D eigenvalue weighted by Crippen LogP contribution is -1.98. The van der Waals surface area contributed by atoms with Gasteiger partial charge in [0, 0.05) is 0 Å². The molecule has 70 valence electrons. The Morgan fingerprint density at radius 1 is 1.69 bits per heavy atom. The molecule has 0 spiro atoms. The highest BCUT2D eigenvalue weighted by molar-refractivity contribution is 8.72. The Balaban J connectivity index is 2.64. The molecule has 0 N–H and O–H groups in total. The maximum absolute atomic E-state index is 11.5. The Morgan fingerprint density at radius 3 is 2.85 bits per heavy atom. The van der Waals surface area contributed by atoms with Crippen LogP contribution in [0.15, 0.2) is 11.4 Å². The minimum Gasteiger partial charge on any atom is -0.292 e. The summed E-state index contributed by atoms with van der Waals surface area (Å²) in [5, 5.41) is 2.32. The monoisotopic (exact) mass is 286 g/mol. The van der Waals surface area contributed by atoms with Gasteiger partial charge in [0.2, 0.25) is 0 Å². The van der Waals surface area contributed by atoms with Crippen molar-refractivity contribution in [2.24, 2.45) is 0 Å². The van der Waals surface area contributed by atoms with Crippen LogP contribution in [0.4, 0.5) is 0 Å². The zero-order valence-electron chi connectivity index (χ0n) is 6.23. The number of carbonyl (C=O) groups excluding carboxylic acids is 1. The van der Waals surface area contributed by atoms with Gasteiger partial charge in [0.25, 0.3) is 0 Å². The third-order valence-corrected chi connectivity index (χ3v) is 6.07. The maximum Gasteiger partial charge on any atom is 0.184 e. The molecule has 0 radical (unpaired) electrons. The number of hydrogen-bond donors (Lipinski definition) is 0. The lowest BCUT2D eigenvalue weighted by atomic mass is 10.3. The first-order valence-corrected chi connectivity index (χ1v) is 9.36. The summed E-state index contributed by atoms with van der Waals surface area (Å²) in [6, 6.07) is 1.72. The van der Waals surface area contributed by atoms with Crippen LogP contribution in [0.25, 0.3) is 0 Å². The Bertz CT molecular complexity index is 376. The van der Waals surface area contributed by atoms with Crippen molar-refractivity contribution < 1.29 is 4.79 Å². The highest BCUT2D eigenvalue weighted by atomic mass is 35.5. The van der Waals surface area contributed by atoms with Crippen molar-refractivity contribution in [3.05, 3.63) is 21.3 Å². The van der Waals surface area contributed by atoms with Crippen LogP contribution in [0.2, 0.25) is 5.02 Å². The van der Waals surface area contributed by atoms with Crippen LogP contribution < -0.4 is 0 Å². The van der Waals surface area contributed by atoms with Gasteiger partial charge < -0.3 is 0 Å². The molecule has 0 aliphatic heterocycles. The molecule has 0 aliphatic carbocycles. The molecule has 0 aliphatic rings. The lowest BCUT2D eigenvalue weighted by Gasteiger charge is -1.94. The second-order valence-corrected chi connectivity index (χ2v) is 10.5. The van der Waals surface area contributed by atoms with Gasteiger partial charge in [-0.05, 0) is 35.1 Å². The molecule has 0 amide bonds. The van der Waals surface area contributed by atoms with Crippen molar-refractivity contribution in [2.75, 3.05) is 5.75 Å². The highest BCUT2D eigenvalue weighted by Gasteiger charge is 2.11. The van der Waals surface area contributed by atoms with Gasteiger partial charge in [-0.15, -0.1) is 11.3 Å². The number of Topliss-reactive ketones (excluding diaryl/α,β-unsaturated/α-hetero) is 1. The summed E-state index contributed by atoms with van der Waals surface area (Å²) < 4.78 is -0.894. The van der Waals surface area contributed by atoms with E-state index in [2.05, 4.69) is 0 Å². The van der Waals surface area contributed by atoms with Gasteiger partial charge in [0.15, 0.2) is 5.78 Å². The fraction of sp³-hybridized carbons (Fsp3) is 0.167. The predicted octanol–water partition coefficient (Wildman–Crippen LogP) is 3.64. The molecule has 0 aromatic carbocycles. The molecule has 0 saturated carbocycles. The van der Waals surface area contributed by atoms with E-state index in [0.29, 0.717) is 15.7 Å². The van der Waals surface area contributed by atoms with Crippen LogP contribution in [0.1, 0.15) is 9.67 Å². The minimum absolute atomic E-state index is 0.0206. The molecular weight excluding hydrogens is 283 g/mol. The van der Waals surface area contributed by atoms with Crippen molar-refractivity contribution in [3.63, 3.8) is 0 Å². The summed E-state index contributed by atoms with van der Waals surface area (Å²) in [7, 11) is 0. The first-order chi connectivity index (χ1) is 6.11. The van der Waals surface area contributed by atoms with Crippen LogP contribution in [-0.4, -0.2) is 11.5 Å². The second kappa shape index (κ2) is 5.59. The minimum atomic E-state index is -0.894. The molecule has 13 heavy (non-hydrogen) atoms. The lowest BCUT2D eigenvalue weighted by molar-refractivity contribution is 0.102. The average molecular weight is 287 g/mol. The molecule has 1 heterocycles. The van der Waals surface area contributed by atoms with E-state index in [0.717, 1.165) is 0 Å². The van der Waals surface area contributed by atoms with E-state index < -0.39 is 4.67 Å². The summed E-state index contributed by atoms with van der Waals surface area (Å²) in [6.07, 6.45) is 0. The molecule has 0 unspecified atom stereocenters. The highest BCUT2D eigenvalue weighted by Crippen LogP contribution is 2.29. The van der Waals surface area contributed by atoms with Crippen LogP contribution in [0.3, 0.4) is 0 Å². The van der Waals surface area contributed by atoms with E-state index >= 15 is 0 Å². The van der Waals surface area contributed by atoms with Gasteiger partial charge in [-0.1, -0.05) is 23.0 Å². The van der Waals surface area contributed by atoms with Crippen LogP contribution >= 0.6 is 39.0 Å². The SMILES string of the molecule is O=C(CSP(=S)=S)c1sccc1Cl. The second-order valence-electron chi connectivity index (χ2n) is 2.02. The average Bonchev–Trinajstić information content (AvgIpc) is 2.47. The fourth-order valence-electron chi connectivity index (χ4n) is 0.670. The zero-order chi connectivity index (χ0) is 9.84. The summed E-state index contributed by atoms with van der Waals surface area (Å²) in [6.45, 7) is 0. The largest absolute Gasteiger partial charge is 0.292 e. The topological polar surface area (TPSA) is 17.1 Å². The summed E-state index contributed by atoms with van der Waals surface area (Å²) in [5.41, 5.74) is 0. The number of rotatable bonds is 4. The molecular formula is C6H4ClOPS4. The fourth-order valence-corrected chi connectivity index (χ4v) is 3.85. The molecule has 1 rings (SSSR count). The van der Waals surface area contributed by atoms with E-state index in [1.165, 1.54) is 22.7 Å². The Morgan fingerprint density at radius 2 is 2.38 bits per heavy atom. The molecule has 0 fully saturated rings. The summed E-state index contributed by atoms with van der Waals surface area (Å²) in [5.74, 6) is 0.367. The summed E-state index contributed by atoms with van der Waals surface area (Å²) in [4.78, 5) is 12.1. The van der Waals surface area contributed by atoms with Gasteiger partial charge in [-0.25, -0.2) is 0 Å². The third-order valence-electron chi connectivity index (χ3n) is 1.17. The van der Waals surface area contributed by atoms with E-state index in [4.69, 9.17) is 35.2 Å². The summed E-state index contributed by atoms with van der Waals surface area (Å²) >= 11 is 18.1. The van der Waals surface area contributed by atoms with E-state index in [9.17, 15) is 4.79 Å². The quantitative estimate of drug-likeness (QED) is 0.620.